The van der Waals surface area contributed by atoms with Gasteiger partial charge in [-0.3, -0.25) is 14.4 Å². The number of amides is 3. The Morgan fingerprint density at radius 1 is 0.814 bits per heavy atom. The van der Waals surface area contributed by atoms with Gasteiger partial charge in [-0.1, -0.05) is 86.1 Å². The van der Waals surface area contributed by atoms with E-state index < -0.39 is 5.91 Å². The molecule has 0 heterocycles. The summed E-state index contributed by atoms with van der Waals surface area (Å²) in [7, 11) is 0. The summed E-state index contributed by atoms with van der Waals surface area (Å²) in [5, 5.41) is 8.52. The molecule has 1 unspecified atom stereocenters. The van der Waals surface area contributed by atoms with E-state index in [0.717, 1.165) is 39.3 Å². The SMILES string of the molecule is CCc1cccc(C)c1NC(=O)C(CC)Sc1cccc(NC(=O)/C(=C\c2ccc(C)cc2)NC(=O)c2ccccc2)c1. The number of hydrogen-bond acceptors (Lipinski definition) is 4. The fraction of sp³-hybridized carbons (Fsp3) is 0.194. The molecule has 3 N–H and O–H groups in total. The van der Waals surface area contributed by atoms with Crippen LogP contribution in [0.15, 0.2) is 108 Å². The van der Waals surface area contributed by atoms with Crippen molar-refractivity contribution in [2.45, 2.75) is 50.7 Å². The van der Waals surface area contributed by atoms with Crippen molar-refractivity contribution in [2.75, 3.05) is 10.6 Å². The van der Waals surface area contributed by atoms with E-state index in [4.69, 9.17) is 0 Å². The highest BCUT2D eigenvalue weighted by Gasteiger charge is 2.21. The Morgan fingerprint density at radius 3 is 2.23 bits per heavy atom. The van der Waals surface area contributed by atoms with E-state index in [-0.39, 0.29) is 22.8 Å². The molecule has 4 aromatic rings. The smallest absolute Gasteiger partial charge is 0.272 e. The van der Waals surface area contributed by atoms with Gasteiger partial charge < -0.3 is 16.0 Å². The lowest BCUT2D eigenvalue weighted by Gasteiger charge is -2.18. The topological polar surface area (TPSA) is 87.3 Å². The highest BCUT2D eigenvalue weighted by atomic mass is 32.2. The van der Waals surface area contributed by atoms with Gasteiger partial charge in [-0.25, -0.2) is 0 Å². The third-order valence-electron chi connectivity index (χ3n) is 6.94. The minimum atomic E-state index is -0.455. The maximum absolute atomic E-state index is 13.5. The molecule has 0 aromatic heterocycles. The van der Waals surface area contributed by atoms with Crippen LogP contribution in [0.2, 0.25) is 0 Å². The second kappa shape index (κ2) is 15.0. The number of carbonyl (C=O) groups excluding carboxylic acids is 3. The number of aryl methyl sites for hydroxylation is 3. The summed E-state index contributed by atoms with van der Waals surface area (Å²) in [6.07, 6.45) is 3.12. The number of benzene rings is 4. The van der Waals surface area contributed by atoms with Gasteiger partial charge in [0.15, 0.2) is 0 Å². The quantitative estimate of drug-likeness (QED) is 0.123. The molecule has 0 radical (unpaired) electrons. The summed E-state index contributed by atoms with van der Waals surface area (Å²) >= 11 is 1.45. The largest absolute Gasteiger partial charge is 0.325 e. The summed E-state index contributed by atoms with van der Waals surface area (Å²) in [5.41, 5.74) is 6.01. The summed E-state index contributed by atoms with van der Waals surface area (Å²) < 4.78 is 0. The van der Waals surface area contributed by atoms with Crippen LogP contribution in [0, 0.1) is 13.8 Å². The molecule has 0 aliphatic rings. The predicted molar refractivity (Wildman–Crippen MR) is 177 cm³/mol. The summed E-state index contributed by atoms with van der Waals surface area (Å²) in [6, 6.07) is 29.9. The van der Waals surface area contributed by atoms with Crippen LogP contribution in [0.5, 0.6) is 0 Å². The van der Waals surface area contributed by atoms with Crippen LogP contribution in [0.1, 0.15) is 52.9 Å². The Morgan fingerprint density at radius 2 is 1.53 bits per heavy atom. The molecule has 0 aliphatic heterocycles. The van der Waals surface area contributed by atoms with Gasteiger partial charge >= 0.3 is 0 Å². The van der Waals surface area contributed by atoms with Crippen molar-refractivity contribution in [3.63, 3.8) is 0 Å². The molecule has 7 heteroatoms. The first-order valence-electron chi connectivity index (χ1n) is 14.4. The van der Waals surface area contributed by atoms with Crippen LogP contribution in [-0.2, 0) is 16.0 Å². The first kappa shape index (κ1) is 31.3. The van der Waals surface area contributed by atoms with Crippen LogP contribution < -0.4 is 16.0 Å². The number of thioether (sulfide) groups is 1. The number of rotatable bonds is 11. The second-order valence-electron chi connectivity index (χ2n) is 10.2. The molecular formula is C36H37N3O3S. The molecular weight excluding hydrogens is 554 g/mol. The molecule has 6 nitrogen and oxygen atoms in total. The van der Waals surface area contributed by atoms with E-state index in [1.807, 2.05) is 87.5 Å². The van der Waals surface area contributed by atoms with Crippen molar-refractivity contribution in [2.24, 2.45) is 0 Å². The molecule has 0 spiro atoms. The van der Waals surface area contributed by atoms with Crippen molar-refractivity contribution >= 4 is 46.9 Å². The van der Waals surface area contributed by atoms with Gasteiger partial charge in [-0.2, -0.15) is 0 Å². The molecule has 4 aromatic carbocycles. The molecule has 0 fully saturated rings. The third-order valence-corrected chi connectivity index (χ3v) is 8.30. The maximum atomic E-state index is 13.5. The standard InChI is InChI=1S/C36H37N3O3S/c1-5-27-15-10-12-25(4)33(27)39-36(42)32(6-2)43-30-17-11-16-29(23-30)37-35(41)31(22-26-20-18-24(3)19-21-26)38-34(40)28-13-8-7-9-14-28/h7-23,32H,5-6H2,1-4H3,(H,37,41)(H,38,40)(H,39,42)/b31-22+. The van der Waals surface area contributed by atoms with Crippen molar-refractivity contribution in [1.29, 1.82) is 0 Å². The van der Waals surface area contributed by atoms with Crippen molar-refractivity contribution < 1.29 is 14.4 Å². The van der Waals surface area contributed by atoms with E-state index in [0.29, 0.717) is 17.7 Å². The molecule has 4 rings (SSSR count). The fourth-order valence-electron chi connectivity index (χ4n) is 4.51. The highest BCUT2D eigenvalue weighted by molar-refractivity contribution is 8.00. The van der Waals surface area contributed by atoms with E-state index in [9.17, 15) is 14.4 Å². The molecule has 0 bridgehead atoms. The van der Waals surface area contributed by atoms with Crippen LogP contribution in [-0.4, -0.2) is 23.0 Å². The minimum Gasteiger partial charge on any atom is -0.325 e. The van der Waals surface area contributed by atoms with Crippen molar-refractivity contribution in [3.05, 3.63) is 131 Å². The molecule has 0 saturated carbocycles. The van der Waals surface area contributed by atoms with Gasteiger partial charge in [0.05, 0.1) is 5.25 Å². The Hall–Kier alpha value is -4.62. The van der Waals surface area contributed by atoms with E-state index in [1.165, 1.54) is 11.8 Å². The van der Waals surface area contributed by atoms with Gasteiger partial charge in [0.1, 0.15) is 5.70 Å². The highest BCUT2D eigenvalue weighted by Crippen LogP contribution is 2.30. The van der Waals surface area contributed by atoms with Gasteiger partial charge in [-0.05, 0) is 79.8 Å². The first-order chi connectivity index (χ1) is 20.8. The molecule has 43 heavy (non-hydrogen) atoms. The van der Waals surface area contributed by atoms with Crippen LogP contribution in [0.3, 0.4) is 0 Å². The molecule has 0 saturated heterocycles. The number of nitrogens with one attached hydrogen (secondary N) is 3. The van der Waals surface area contributed by atoms with Crippen molar-refractivity contribution in [3.8, 4) is 0 Å². The Balaban J connectivity index is 1.51. The number of para-hydroxylation sites is 1. The summed E-state index contributed by atoms with van der Waals surface area (Å²) in [6.45, 7) is 8.05. The van der Waals surface area contributed by atoms with Crippen LogP contribution in [0.25, 0.3) is 6.08 Å². The average Bonchev–Trinajstić information content (AvgIpc) is 3.02. The monoisotopic (exact) mass is 591 g/mol. The summed E-state index contributed by atoms with van der Waals surface area (Å²) in [4.78, 5) is 40.6. The van der Waals surface area contributed by atoms with Gasteiger partial charge in [-0.15, -0.1) is 11.8 Å². The molecule has 0 aliphatic carbocycles. The van der Waals surface area contributed by atoms with Gasteiger partial charge in [0.25, 0.3) is 11.8 Å². The fourth-order valence-corrected chi connectivity index (χ4v) is 5.52. The van der Waals surface area contributed by atoms with Crippen molar-refractivity contribution in [1.82, 2.24) is 5.32 Å². The van der Waals surface area contributed by atoms with Gasteiger partial charge in [0, 0.05) is 21.8 Å². The zero-order valence-electron chi connectivity index (χ0n) is 24.9. The average molecular weight is 592 g/mol. The molecule has 220 valence electrons. The normalized spacial score (nSPS) is 11.9. The summed E-state index contributed by atoms with van der Waals surface area (Å²) in [5.74, 6) is -0.892. The zero-order valence-corrected chi connectivity index (χ0v) is 25.8. The Labute approximate surface area is 258 Å². The third kappa shape index (κ3) is 8.69. The predicted octanol–water partition coefficient (Wildman–Crippen LogP) is 7.78. The Bertz CT molecular complexity index is 1610. The van der Waals surface area contributed by atoms with Gasteiger partial charge in [0.2, 0.25) is 5.91 Å². The zero-order chi connectivity index (χ0) is 30.8. The second-order valence-corrected chi connectivity index (χ2v) is 11.5. The lowest BCUT2D eigenvalue weighted by molar-refractivity contribution is -0.116. The Kier molecular flexibility index (Phi) is 10.9. The molecule has 1 atom stereocenters. The van der Waals surface area contributed by atoms with Crippen LogP contribution >= 0.6 is 11.8 Å². The van der Waals surface area contributed by atoms with E-state index in [2.05, 4.69) is 22.9 Å². The number of carbonyl (C=O) groups is 3. The first-order valence-corrected chi connectivity index (χ1v) is 15.3. The van der Waals surface area contributed by atoms with E-state index >= 15 is 0 Å². The maximum Gasteiger partial charge on any atom is 0.272 e. The number of hydrogen-bond donors (Lipinski definition) is 3. The van der Waals surface area contributed by atoms with E-state index in [1.54, 1.807) is 36.4 Å². The molecule has 3 amide bonds. The number of anilines is 2. The lowest BCUT2D eigenvalue weighted by Crippen LogP contribution is -2.30. The van der Waals surface area contributed by atoms with Crippen LogP contribution in [0.4, 0.5) is 11.4 Å². The minimum absolute atomic E-state index is 0.0575. The lowest BCUT2D eigenvalue weighted by atomic mass is 10.1.